The molecule has 0 aliphatic carbocycles. The zero-order valence-electron chi connectivity index (χ0n) is 11.4. The van der Waals surface area contributed by atoms with Gasteiger partial charge in [-0.1, -0.05) is 26.0 Å². The Bertz CT molecular complexity index is 520. The minimum absolute atomic E-state index is 0.198. The lowest BCUT2D eigenvalue weighted by Crippen LogP contribution is -2.19. The standard InChI is InChI=1S/C15H20FN3/c1-12(2)7-17-8-15-10-19(11-18-15)9-13-4-3-5-14(16)6-13/h3-6,10-12,17H,7-9H2,1-2H3. The van der Waals surface area contributed by atoms with E-state index in [1.54, 1.807) is 18.5 Å². The summed E-state index contributed by atoms with van der Waals surface area (Å²) in [7, 11) is 0. The normalized spacial score (nSPS) is 11.2. The van der Waals surface area contributed by atoms with Crippen LogP contribution in [-0.2, 0) is 13.1 Å². The van der Waals surface area contributed by atoms with E-state index in [1.807, 2.05) is 16.8 Å². The zero-order valence-corrected chi connectivity index (χ0v) is 11.4. The summed E-state index contributed by atoms with van der Waals surface area (Å²) in [6, 6.07) is 6.65. The number of imidazole rings is 1. The predicted octanol–water partition coefficient (Wildman–Crippen LogP) is 2.82. The molecule has 0 radical (unpaired) electrons. The van der Waals surface area contributed by atoms with Crippen LogP contribution in [0.3, 0.4) is 0 Å². The van der Waals surface area contributed by atoms with Gasteiger partial charge < -0.3 is 9.88 Å². The lowest BCUT2D eigenvalue weighted by molar-refractivity contribution is 0.548. The van der Waals surface area contributed by atoms with Crippen molar-refractivity contribution >= 4 is 0 Å². The first-order valence-electron chi connectivity index (χ1n) is 6.59. The number of nitrogens with zero attached hydrogens (tertiary/aromatic N) is 2. The maximum atomic E-state index is 13.1. The minimum atomic E-state index is -0.198. The Kier molecular flexibility index (Phi) is 4.68. The van der Waals surface area contributed by atoms with E-state index in [0.29, 0.717) is 12.5 Å². The van der Waals surface area contributed by atoms with E-state index < -0.39 is 0 Å². The summed E-state index contributed by atoms with van der Waals surface area (Å²) in [5.41, 5.74) is 1.95. The molecule has 2 rings (SSSR count). The molecule has 1 aromatic carbocycles. The molecule has 1 aromatic heterocycles. The molecule has 0 spiro atoms. The third-order valence-electron chi connectivity index (χ3n) is 2.80. The van der Waals surface area contributed by atoms with Crippen molar-refractivity contribution in [1.29, 1.82) is 0 Å². The number of benzene rings is 1. The second-order valence-corrected chi connectivity index (χ2v) is 5.19. The lowest BCUT2D eigenvalue weighted by atomic mass is 10.2. The van der Waals surface area contributed by atoms with E-state index in [0.717, 1.165) is 24.3 Å². The van der Waals surface area contributed by atoms with E-state index in [2.05, 4.69) is 24.1 Å². The summed E-state index contributed by atoms with van der Waals surface area (Å²) in [5, 5.41) is 3.35. The van der Waals surface area contributed by atoms with Crippen molar-refractivity contribution in [1.82, 2.24) is 14.9 Å². The second kappa shape index (κ2) is 6.48. The Labute approximate surface area is 113 Å². The topological polar surface area (TPSA) is 29.9 Å². The van der Waals surface area contributed by atoms with Gasteiger partial charge in [0.2, 0.25) is 0 Å². The SMILES string of the molecule is CC(C)CNCc1cn(Cc2cccc(F)c2)cn1. The molecule has 0 aliphatic rings. The largest absolute Gasteiger partial charge is 0.333 e. The van der Waals surface area contributed by atoms with Crippen molar-refractivity contribution in [2.75, 3.05) is 6.54 Å². The molecule has 0 fully saturated rings. The van der Waals surface area contributed by atoms with Gasteiger partial charge in [-0.2, -0.15) is 0 Å². The Hall–Kier alpha value is -1.68. The first-order valence-corrected chi connectivity index (χ1v) is 6.59. The van der Waals surface area contributed by atoms with Crippen molar-refractivity contribution < 1.29 is 4.39 Å². The fourth-order valence-corrected chi connectivity index (χ4v) is 1.92. The summed E-state index contributed by atoms with van der Waals surface area (Å²) in [4.78, 5) is 4.34. The van der Waals surface area contributed by atoms with Gasteiger partial charge in [0.25, 0.3) is 0 Å². The number of aromatic nitrogens is 2. The number of rotatable bonds is 6. The Morgan fingerprint density at radius 2 is 2.21 bits per heavy atom. The minimum Gasteiger partial charge on any atom is -0.333 e. The maximum Gasteiger partial charge on any atom is 0.123 e. The van der Waals surface area contributed by atoms with Crippen LogP contribution < -0.4 is 5.32 Å². The van der Waals surface area contributed by atoms with Crippen LogP contribution in [0.5, 0.6) is 0 Å². The molecule has 0 unspecified atom stereocenters. The van der Waals surface area contributed by atoms with Crippen molar-refractivity contribution in [3.05, 3.63) is 53.9 Å². The highest BCUT2D eigenvalue weighted by Crippen LogP contribution is 2.06. The van der Waals surface area contributed by atoms with Crippen LogP contribution in [-0.4, -0.2) is 16.1 Å². The van der Waals surface area contributed by atoms with E-state index in [9.17, 15) is 4.39 Å². The molecule has 0 amide bonds. The van der Waals surface area contributed by atoms with Crippen LogP contribution >= 0.6 is 0 Å². The van der Waals surface area contributed by atoms with Crippen molar-refractivity contribution in [3.8, 4) is 0 Å². The van der Waals surface area contributed by atoms with Crippen molar-refractivity contribution in [3.63, 3.8) is 0 Å². The van der Waals surface area contributed by atoms with Crippen LogP contribution in [0.2, 0.25) is 0 Å². The molecule has 0 atom stereocenters. The van der Waals surface area contributed by atoms with Gasteiger partial charge in [0, 0.05) is 19.3 Å². The Morgan fingerprint density at radius 3 is 2.95 bits per heavy atom. The van der Waals surface area contributed by atoms with Gasteiger partial charge in [-0.25, -0.2) is 9.37 Å². The molecule has 1 heterocycles. The summed E-state index contributed by atoms with van der Waals surface area (Å²) in [5.74, 6) is 0.436. The summed E-state index contributed by atoms with van der Waals surface area (Å²) < 4.78 is 15.1. The molecular formula is C15H20FN3. The van der Waals surface area contributed by atoms with Gasteiger partial charge in [0.1, 0.15) is 5.82 Å². The average Bonchev–Trinajstić information content (AvgIpc) is 2.76. The molecule has 3 nitrogen and oxygen atoms in total. The number of halogens is 1. The summed E-state index contributed by atoms with van der Waals surface area (Å²) in [6.45, 7) is 6.76. The van der Waals surface area contributed by atoms with Gasteiger partial charge in [-0.15, -0.1) is 0 Å². The van der Waals surface area contributed by atoms with Gasteiger partial charge in [0.05, 0.1) is 12.0 Å². The highest BCUT2D eigenvalue weighted by atomic mass is 19.1. The van der Waals surface area contributed by atoms with E-state index >= 15 is 0 Å². The molecule has 19 heavy (non-hydrogen) atoms. The fraction of sp³-hybridized carbons (Fsp3) is 0.400. The first-order chi connectivity index (χ1) is 9.13. The molecule has 0 saturated carbocycles. The van der Waals surface area contributed by atoms with Crippen LogP contribution in [0.15, 0.2) is 36.8 Å². The quantitative estimate of drug-likeness (QED) is 0.866. The molecule has 0 saturated heterocycles. The lowest BCUT2D eigenvalue weighted by Gasteiger charge is -2.05. The van der Waals surface area contributed by atoms with Crippen LogP contribution in [0, 0.1) is 11.7 Å². The van der Waals surface area contributed by atoms with Gasteiger partial charge in [-0.3, -0.25) is 0 Å². The zero-order chi connectivity index (χ0) is 13.7. The first kappa shape index (κ1) is 13.7. The number of hydrogen-bond acceptors (Lipinski definition) is 2. The molecular weight excluding hydrogens is 241 g/mol. The molecule has 0 bridgehead atoms. The molecule has 2 aromatic rings. The second-order valence-electron chi connectivity index (χ2n) is 5.19. The molecule has 102 valence electrons. The summed E-state index contributed by atoms with van der Waals surface area (Å²) >= 11 is 0. The number of nitrogens with one attached hydrogen (secondary N) is 1. The molecule has 1 N–H and O–H groups in total. The average molecular weight is 261 g/mol. The third-order valence-corrected chi connectivity index (χ3v) is 2.80. The fourth-order valence-electron chi connectivity index (χ4n) is 1.92. The molecule has 0 aliphatic heterocycles. The van der Waals surface area contributed by atoms with Crippen LogP contribution in [0.1, 0.15) is 25.1 Å². The van der Waals surface area contributed by atoms with Gasteiger partial charge in [0.15, 0.2) is 0 Å². The Balaban J connectivity index is 1.90. The van der Waals surface area contributed by atoms with Crippen molar-refractivity contribution in [2.24, 2.45) is 5.92 Å². The van der Waals surface area contributed by atoms with Crippen LogP contribution in [0.4, 0.5) is 4.39 Å². The molecule has 4 heteroatoms. The van der Waals surface area contributed by atoms with E-state index in [-0.39, 0.29) is 5.82 Å². The smallest absolute Gasteiger partial charge is 0.123 e. The van der Waals surface area contributed by atoms with Gasteiger partial charge >= 0.3 is 0 Å². The predicted molar refractivity (Wildman–Crippen MR) is 74.3 cm³/mol. The maximum absolute atomic E-state index is 13.1. The monoisotopic (exact) mass is 261 g/mol. The third kappa shape index (κ3) is 4.48. The van der Waals surface area contributed by atoms with Crippen molar-refractivity contribution in [2.45, 2.75) is 26.9 Å². The van der Waals surface area contributed by atoms with E-state index in [1.165, 1.54) is 6.07 Å². The van der Waals surface area contributed by atoms with Gasteiger partial charge in [-0.05, 0) is 30.2 Å². The highest BCUT2D eigenvalue weighted by molar-refractivity contribution is 5.17. The van der Waals surface area contributed by atoms with Crippen LogP contribution in [0.25, 0.3) is 0 Å². The number of hydrogen-bond donors (Lipinski definition) is 1. The van der Waals surface area contributed by atoms with E-state index in [4.69, 9.17) is 0 Å². The highest BCUT2D eigenvalue weighted by Gasteiger charge is 2.01. The Morgan fingerprint density at radius 1 is 1.37 bits per heavy atom. The summed E-state index contributed by atoms with van der Waals surface area (Å²) in [6.07, 6.45) is 3.79.